The normalized spacial score (nSPS) is 13.3. The summed E-state index contributed by atoms with van der Waals surface area (Å²) >= 11 is 0. The van der Waals surface area contributed by atoms with E-state index in [9.17, 15) is 0 Å². The molecule has 1 unspecified atom stereocenters. The van der Waals surface area contributed by atoms with Crippen molar-refractivity contribution >= 4 is 0 Å². The molecule has 5 nitrogen and oxygen atoms in total. The molecule has 0 heterocycles. The Morgan fingerprint density at radius 3 is 1.85 bits per heavy atom. The van der Waals surface area contributed by atoms with E-state index in [0.717, 1.165) is 38.9 Å². The average molecular weight is 375 g/mol. The van der Waals surface area contributed by atoms with Gasteiger partial charge in [0.25, 0.3) is 5.97 Å². The Labute approximate surface area is 162 Å². The van der Waals surface area contributed by atoms with Crippen LogP contribution in [0.3, 0.4) is 0 Å². The highest BCUT2D eigenvalue weighted by molar-refractivity contribution is 4.74. The molecule has 0 aliphatic heterocycles. The quantitative estimate of drug-likeness (QED) is 0.243. The Morgan fingerprint density at radius 1 is 0.731 bits per heavy atom. The van der Waals surface area contributed by atoms with E-state index in [1.165, 1.54) is 38.5 Å². The van der Waals surface area contributed by atoms with Gasteiger partial charge in [-0.05, 0) is 59.7 Å². The summed E-state index contributed by atoms with van der Waals surface area (Å²) < 4.78 is 18.2. The lowest BCUT2D eigenvalue weighted by atomic mass is 9.94. The molecule has 26 heavy (non-hydrogen) atoms. The second kappa shape index (κ2) is 18.2. The van der Waals surface area contributed by atoms with Crippen LogP contribution in [-0.4, -0.2) is 45.4 Å². The molecule has 0 rings (SSSR count). The molecule has 0 aromatic heterocycles. The molecule has 0 spiro atoms. The summed E-state index contributed by atoms with van der Waals surface area (Å²) in [5.74, 6) is -0.670. The fraction of sp³-hybridized carbons (Fsp3) is 1.00. The SMILES string of the molecule is CCCCCCCCC(CCNCCCN)C(OCC)(OCC)OCC. The van der Waals surface area contributed by atoms with Crippen LogP contribution in [0.2, 0.25) is 0 Å². The van der Waals surface area contributed by atoms with Crippen LogP contribution >= 0.6 is 0 Å². The van der Waals surface area contributed by atoms with Crippen molar-refractivity contribution in [2.45, 2.75) is 91.5 Å². The van der Waals surface area contributed by atoms with E-state index in [4.69, 9.17) is 19.9 Å². The summed E-state index contributed by atoms with van der Waals surface area (Å²) in [6.07, 6.45) is 10.8. The van der Waals surface area contributed by atoms with Crippen molar-refractivity contribution in [1.29, 1.82) is 0 Å². The van der Waals surface area contributed by atoms with E-state index >= 15 is 0 Å². The Morgan fingerprint density at radius 2 is 1.31 bits per heavy atom. The van der Waals surface area contributed by atoms with Crippen molar-refractivity contribution in [1.82, 2.24) is 5.32 Å². The first kappa shape index (κ1) is 25.8. The van der Waals surface area contributed by atoms with Gasteiger partial charge in [-0.2, -0.15) is 0 Å². The van der Waals surface area contributed by atoms with Gasteiger partial charge in [-0.25, -0.2) is 0 Å². The second-order valence-electron chi connectivity index (χ2n) is 6.84. The average Bonchev–Trinajstić information content (AvgIpc) is 2.63. The molecular formula is C21H46N2O3. The molecule has 1 atom stereocenters. The van der Waals surface area contributed by atoms with Gasteiger partial charge in [0.05, 0.1) is 0 Å². The Bertz CT molecular complexity index is 273. The molecule has 0 saturated heterocycles. The summed E-state index contributed by atoms with van der Waals surface area (Å²) in [4.78, 5) is 0. The van der Waals surface area contributed by atoms with Crippen LogP contribution in [0.15, 0.2) is 0 Å². The standard InChI is InChI=1S/C21H46N2O3/c1-5-9-10-11-12-13-15-20(16-19-23-18-14-17-22)21(24-6-2,25-7-3)26-8-4/h20,23H,5-19,22H2,1-4H3. The third kappa shape index (κ3) is 11.5. The number of nitrogens with two attached hydrogens (primary N) is 1. The third-order valence-electron chi connectivity index (χ3n) is 4.67. The Hall–Kier alpha value is -0.200. The largest absolute Gasteiger partial charge is 0.330 e. The van der Waals surface area contributed by atoms with Crippen LogP contribution in [0.5, 0.6) is 0 Å². The maximum absolute atomic E-state index is 6.05. The minimum atomic E-state index is -0.906. The maximum atomic E-state index is 6.05. The zero-order valence-electron chi connectivity index (χ0n) is 18.0. The summed E-state index contributed by atoms with van der Waals surface area (Å²) in [7, 11) is 0. The van der Waals surface area contributed by atoms with Crippen LogP contribution in [0.25, 0.3) is 0 Å². The van der Waals surface area contributed by atoms with Gasteiger partial charge in [-0.1, -0.05) is 45.4 Å². The van der Waals surface area contributed by atoms with Crippen LogP contribution in [0.4, 0.5) is 0 Å². The zero-order valence-corrected chi connectivity index (χ0v) is 18.0. The van der Waals surface area contributed by atoms with Gasteiger partial charge in [-0.15, -0.1) is 0 Å². The monoisotopic (exact) mass is 374 g/mol. The van der Waals surface area contributed by atoms with Crippen molar-refractivity contribution in [3.05, 3.63) is 0 Å². The van der Waals surface area contributed by atoms with Crippen molar-refractivity contribution in [2.75, 3.05) is 39.5 Å². The summed E-state index contributed by atoms with van der Waals surface area (Å²) in [5, 5.41) is 3.49. The first-order valence-corrected chi connectivity index (χ1v) is 11.0. The van der Waals surface area contributed by atoms with Crippen LogP contribution in [-0.2, 0) is 14.2 Å². The molecule has 0 radical (unpaired) electrons. The minimum Gasteiger partial charge on any atom is -0.330 e. The number of ether oxygens (including phenoxy) is 3. The molecule has 158 valence electrons. The molecule has 0 aliphatic rings. The van der Waals surface area contributed by atoms with E-state index in [-0.39, 0.29) is 5.92 Å². The molecule has 0 aromatic rings. The summed E-state index contributed by atoms with van der Waals surface area (Å²) in [6.45, 7) is 12.7. The highest BCUT2D eigenvalue weighted by atomic mass is 16.9. The molecule has 3 N–H and O–H groups in total. The molecule has 0 aliphatic carbocycles. The lowest BCUT2D eigenvalue weighted by Crippen LogP contribution is -2.47. The van der Waals surface area contributed by atoms with E-state index < -0.39 is 5.97 Å². The fourth-order valence-corrected chi connectivity index (χ4v) is 3.38. The molecular weight excluding hydrogens is 328 g/mol. The van der Waals surface area contributed by atoms with E-state index in [1.807, 2.05) is 20.8 Å². The van der Waals surface area contributed by atoms with Gasteiger partial charge < -0.3 is 25.3 Å². The smallest absolute Gasteiger partial charge is 0.285 e. The van der Waals surface area contributed by atoms with Crippen LogP contribution in [0.1, 0.15) is 85.5 Å². The van der Waals surface area contributed by atoms with Crippen molar-refractivity contribution in [3.8, 4) is 0 Å². The highest BCUT2D eigenvalue weighted by Gasteiger charge is 2.41. The highest BCUT2D eigenvalue weighted by Crippen LogP contribution is 2.33. The second-order valence-corrected chi connectivity index (χ2v) is 6.84. The topological polar surface area (TPSA) is 65.7 Å². The first-order valence-electron chi connectivity index (χ1n) is 11.0. The molecule has 0 bridgehead atoms. The van der Waals surface area contributed by atoms with Gasteiger partial charge in [0.2, 0.25) is 0 Å². The number of unbranched alkanes of at least 4 members (excludes halogenated alkanes) is 5. The summed E-state index contributed by atoms with van der Waals surface area (Å²) in [5.41, 5.74) is 5.57. The lowest BCUT2D eigenvalue weighted by Gasteiger charge is -2.39. The van der Waals surface area contributed by atoms with E-state index in [1.54, 1.807) is 0 Å². The number of hydrogen-bond donors (Lipinski definition) is 2. The van der Waals surface area contributed by atoms with Gasteiger partial charge in [0, 0.05) is 25.7 Å². The van der Waals surface area contributed by atoms with E-state index in [2.05, 4.69) is 12.2 Å². The number of hydrogen-bond acceptors (Lipinski definition) is 5. The van der Waals surface area contributed by atoms with Crippen molar-refractivity contribution in [3.63, 3.8) is 0 Å². The number of nitrogens with one attached hydrogen (secondary N) is 1. The van der Waals surface area contributed by atoms with Crippen LogP contribution < -0.4 is 11.1 Å². The first-order chi connectivity index (χ1) is 12.7. The molecule has 0 saturated carbocycles. The summed E-state index contributed by atoms with van der Waals surface area (Å²) in [6, 6.07) is 0. The predicted octanol–water partition coefficient (Wildman–Crippen LogP) is 4.45. The Balaban J connectivity index is 4.74. The van der Waals surface area contributed by atoms with Gasteiger partial charge >= 0.3 is 0 Å². The Kier molecular flexibility index (Phi) is 18.0. The molecule has 0 amide bonds. The molecule has 0 fully saturated rings. The molecule has 5 heteroatoms. The van der Waals surface area contributed by atoms with Crippen molar-refractivity contribution < 1.29 is 14.2 Å². The predicted molar refractivity (Wildman–Crippen MR) is 110 cm³/mol. The lowest BCUT2D eigenvalue weighted by molar-refractivity contribution is -0.403. The maximum Gasteiger partial charge on any atom is 0.285 e. The minimum absolute atomic E-state index is 0.235. The molecule has 0 aromatic carbocycles. The third-order valence-corrected chi connectivity index (χ3v) is 4.67. The van der Waals surface area contributed by atoms with Crippen molar-refractivity contribution in [2.24, 2.45) is 11.7 Å². The number of rotatable bonds is 20. The van der Waals surface area contributed by atoms with Crippen LogP contribution in [0, 0.1) is 5.92 Å². The fourth-order valence-electron chi connectivity index (χ4n) is 3.38. The van der Waals surface area contributed by atoms with Gasteiger partial charge in [-0.3, -0.25) is 0 Å². The van der Waals surface area contributed by atoms with Gasteiger partial charge in [0.1, 0.15) is 0 Å². The van der Waals surface area contributed by atoms with Gasteiger partial charge in [0.15, 0.2) is 0 Å². The zero-order chi connectivity index (χ0) is 19.5. The van der Waals surface area contributed by atoms with E-state index in [0.29, 0.717) is 19.8 Å².